The molecule has 1 heterocycles. The van der Waals surface area contributed by atoms with E-state index in [1.54, 1.807) is 6.20 Å². The van der Waals surface area contributed by atoms with Gasteiger partial charge in [-0.3, -0.25) is 5.10 Å². The van der Waals surface area contributed by atoms with Crippen LogP contribution in [0.2, 0.25) is 0 Å². The van der Waals surface area contributed by atoms with Crippen LogP contribution in [0.25, 0.3) is 10.9 Å². The lowest BCUT2D eigenvalue weighted by molar-refractivity contribution is 0.524. The van der Waals surface area contributed by atoms with E-state index in [9.17, 15) is 4.39 Å². The molecular formula is C11H13FN2. The van der Waals surface area contributed by atoms with Crippen LogP contribution in [-0.2, 0) is 5.41 Å². The SMILES string of the molecule is CC(C)(C)c1cc2[nH]ncc2cc1F. The van der Waals surface area contributed by atoms with Crippen molar-refractivity contribution >= 4 is 10.9 Å². The largest absolute Gasteiger partial charge is 0.278 e. The maximum absolute atomic E-state index is 13.7. The zero-order valence-electron chi connectivity index (χ0n) is 8.56. The number of nitrogens with zero attached hydrogens (tertiary/aromatic N) is 1. The molecule has 74 valence electrons. The predicted octanol–water partition coefficient (Wildman–Crippen LogP) is 3.00. The molecule has 1 N–H and O–H groups in total. The highest BCUT2D eigenvalue weighted by Crippen LogP contribution is 2.27. The first kappa shape index (κ1) is 9.19. The molecule has 0 radical (unpaired) electrons. The van der Waals surface area contributed by atoms with Crippen LogP contribution in [0, 0.1) is 5.82 Å². The highest BCUT2D eigenvalue weighted by atomic mass is 19.1. The maximum atomic E-state index is 13.7. The quantitative estimate of drug-likeness (QED) is 0.683. The van der Waals surface area contributed by atoms with Crippen LogP contribution < -0.4 is 0 Å². The van der Waals surface area contributed by atoms with Crippen LogP contribution in [0.4, 0.5) is 4.39 Å². The Morgan fingerprint density at radius 1 is 1.29 bits per heavy atom. The van der Waals surface area contributed by atoms with E-state index in [1.165, 1.54) is 6.07 Å². The lowest BCUT2D eigenvalue weighted by Crippen LogP contribution is -2.13. The van der Waals surface area contributed by atoms with Crippen molar-refractivity contribution < 1.29 is 4.39 Å². The number of nitrogens with one attached hydrogen (secondary N) is 1. The Morgan fingerprint density at radius 3 is 2.64 bits per heavy atom. The summed E-state index contributed by atoms with van der Waals surface area (Å²) < 4.78 is 13.7. The van der Waals surface area contributed by atoms with E-state index in [-0.39, 0.29) is 11.2 Å². The second-order valence-electron chi connectivity index (χ2n) is 4.54. The van der Waals surface area contributed by atoms with Crippen molar-refractivity contribution in [2.45, 2.75) is 26.2 Å². The summed E-state index contributed by atoms with van der Waals surface area (Å²) in [4.78, 5) is 0. The smallest absolute Gasteiger partial charge is 0.127 e. The lowest BCUT2D eigenvalue weighted by Gasteiger charge is -2.19. The Hall–Kier alpha value is -1.38. The number of fused-ring (bicyclic) bond motifs is 1. The van der Waals surface area contributed by atoms with E-state index < -0.39 is 0 Å². The van der Waals surface area contributed by atoms with Crippen LogP contribution in [0.1, 0.15) is 26.3 Å². The first-order chi connectivity index (χ1) is 6.48. The van der Waals surface area contributed by atoms with Crippen molar-refractivity contribution in [1.82, 2.24) is 10.2 Å². The second-order valence-corrected chi connectivity index (χ2v) is 4.54. The molecule has 0 fully saturated rings. The Kier molecular flexibility index (Phi) is 1.84. The van der Waals surface area contributed by atoms with Gasteiger partial charge in [-0.25, -0.2) is 4.39 Å². The third-order valence-electron chi connectivity index (χ3n) is 2.34. The standard InChI is InChI=1S/C11H13FN2/c1-11(2,3)8-5-10-7(4-9(8)12)6-13-14-10/h4-6H,1-3H3,(H,13,14). The van der Waals surface area contributed by atoms with Crippen LogP contribution >= 0.6 is 0 Å². The van der Waals surface area contributed by atoms with E-state index >= 15 is 0 Å². The van der Waals surface area contributed by atoms with Crippen molar-refractivity contribution in [2.24, 2.45) is 0 Å². The molecule has 0 aliphatic carbocycles. The van der Waals surface area contributed by atoms with Gasteiger partial charge in [0.05, 0.1) is 11.7 Å². The summed E-state index contributed by atoms with van der Waals surface area (Å²) in [5.74, 6) is -0.161. The molecule has 0 atom stereocenters. The van der Waals surface area contributed by atoms with Crippen molar-refractivity contribution in [1.29, 1.82) is 0 Å². The lowest BCUT2D eigenvalue weighted by atomic mass is 9.86. The van der Waals surface area contributed by atoms with E-state index in [0.29, 0.717) is 5.56 Å². The Balaban J connectivity index is 2.71. The molecule has 14 heavy (non-hydrogen) atoms. The number of rotatable bonds is 0. The van der Waals surface area contributed by atoms with Gasteiger partial charge in [-0.15, -0.1) is 0 Å². The summed E-state index contributed by atoms with van der Waals surface area (Å²) in [6.07, 6.45) is 1.63. The Labute approximate surface area is 82.1 Å². The van der Waals surface area contributed by atoms with Gasteiger partial charge in [0.25, 0.3) is 0 Å². The molecule has 0 spiro atoms. The van der Waals surface area contributed by atoms with Gasteiger partial charge in [0.1, 0.15) is 5.82 Å². The van der Waals surface area contributed by atoms with Gasteiger partial charge in [-0.2, -0.15) is 5.10 Å². The molecule has 0 unspecified atom stereocenters. The van der Waals surface area contributed by atoms with E-state index in [1.807, 2.05) is 26.8 Å². The van der Waals surface area contributed by atoms with Crippen LogP contribution in [0.5, 0.6) is 0 Å². The topological polar surface area (TPSA) is 28.7 Å². The van der Waals surface area contributed by atoms with E-state index in [2.05, 4.69) is 10.2 Å². The molecule has 1 aromatic heterocycles. The fourth-order valence-corrected chi connectivity index (χ4v) is 1.54. The third-order valence-corrected chi connectivity index (χ3v) is 2.34. The van der Waals surface area contributed by atoms with Crippen LogP contribution in [0.15, 0.2) is 18.3 Å². The van der Waals surface area contributed by atoms with Crippen LogP contribution in [0.3, 0.4) is 0 Å². The molecular weight excluding hydrogens is 179 g/mol. The second kappa shape index (κ2) is 2.80. The summed E-state index contributed by atoms with van der Waals surface area (Å²) in [7, 11) is 0. The minimum Gasteiger partial charge on any atom is -0.278 e. The number of aromatic amines is 1. The predicted molar refractivity (Wildman–Crippen MR) is 54.8 cm³/mol. The molecule has 0 saturated carbocycles. The summed E-state index contributed by atoms with van der Waals surface area (Å²) in [5, 5.41) is 7.53. The molecule has 2 nitrogen and oxygen atoms in total. The molecule has 2 aromatic rings. The van der Waals surface area contributed by atoms with Gasteiger partial charge < -0.3 is 0 Å². The third kappa shape index (κ3) is 1.39. The number of benzene rings is 1. The summed E-state index contributed by atoms with van der Waals surface area (Å²) in [6.45, 7) is 5.98. The monoisotopic (exact) mass is 192 g/mol. The first-order valence-electron chi connectivity index (χ1n) is 4.61. The minimum atomic E-state index is -0.177. The molecule has 0 bridgehead atoms. The van der Waals surface area contributed by atoms with Gasteiger partial charge in [-0.1, -0.05) is 20.8 Å². The van der Waals surface area contributed by atoms with Gasteiger partial charge in [-0.05, 0) is 23.1 Å². The average molecular weight is 192 g/mol. The van der Waals surface area contributed by atoms with E-state index in [0.717, 1.165) is 10.9 Å². The molecule has 1 aromatic carbocycles. The summed E-state index contributed by atoms with van der Waals surface area (Å²) in [5.41, 5.74) is 1.43. The fraction of sp³-hybridized carbons (Fsp3) is 0.364. The van der Waals surface area contributed by atoms with Crippen LogP contribution in [-0.4, -0.2) is 10.2 Å². The van der Waals surface area contributed by atoms with Crippen molar-refractivity contribution in [3.05, 3.63) is 29.7 Å². The summed E-state index contributed by atoms with van der Waals surface area (Å²) >= 11 is 0. The van der Waals surface area contributed by atoms with Gasteiger partial charge >= 0.3 is 0 Å². The van der Waals surface area contributed by atoms with Crippen molar-refractivity contribution in [3.8, 4) is 0 Å². The minimum absolute atomic E-state index is 0.161. The molecule has 2 rings (SSSR count). The molecule has 0 aliphatic rings. The number of aromatic nitrogens is 2. The fourth-order valence-electron chi connectivity index (χ4n) is 1.54. The maximum Gasteiger partial charge on any atom is 0.127 e. The number of H-pyrrole nitrogens is 1. The molecule has 0 aliphatic heterocycles. The number of halogens is 1. The van der Waals surface area contributed by atoms with Gasteiger partial charge in [0, 0.05) is 5.39 Å². The molecule has 0 saturated heterocycles. The highest BCUT2D eigenvalue weighted by Gasteiger charge is 2.19. The molecule has 0 amide bonds. The summed E-state index contributed by atoms with van der Waals surface area (Å²) in [6, 6.07) is 3.36. The molecule has 3 heteroatoms. The van der Waals surface area contributed by atoms with Gasteiger partial charge in [0.2, 0.25) is 0 Å². The van der Waals surface area contributed by atoms with E-state index in [4.69, 9.17) is 0 Å². The zero-order valence-corrected chi connectivity index (χ0v) is 8.56. The average Bonchev–Trinajstić information content (AvgIpc) is 2.47. The van der Waals surface area contributed by atoms with Gasteiger partial charge in [0.15, 0.2) is 0 Å². The Bertz CT molecular complexity index is 466. The zero-order chi connectivity index (χ0) is 10.3. The number of hydrogen-bond acceptors (Lipinski definition) is 1. The number of hydrogen-bond donors (Lipinski definition) is 1. The van der Waals surface area contributed by atoms with Crippen molar-refractivity contribution in [3.63, 3.8) is 0 Å². The normalized spacial score (nSPS) is 12.3. The first-order valence-corrected chi connectivity index (χ1v) is 4.61. The Morgan fingerprint density at radius 2 is 2.00 bits per heavy atom. The van der Waals surface area contributed by atoms with Crippen molar-refractivity contribution in [2.75, 3.05) is 0 Å². The highest BCUT2D eigenvalue weighted by molar-refractivity contribution is 5.78.